The van der Waals surface area contributed by atoms with Gasteiger partial charge in [0.2, 0.25) is 5.91 Å². The van der Waals surface area contributed by atoms with E-state index in [1.54, 1.807) is 23.7 Å². The number of benzene rings is 1. The molecule has 4 rings (SSSR count). The van der Waals surface area contributed by atoms with Gasteiger partial charge in [-0.05, 0) is 45.2 Å². The van der Waals surface area contributed by atoms with Crippen molar-refractivity contribution in [2.24, 2.45) is 0 Å². The number of rotatable bonds is 6. The molecule has 168 valence electrons. The second-order valence-corrected chi connectivity index (χ2v) is 8.99. The van der Waals surface area contributed by atoms with Crippen LogP contribution >= 0.6 is 11.3 Å². The molecule has 3 N–H and O–H groups in total. The van der Waals surface area contributed by atoms with Gasteiger partial charge in [0.15, 0.2) is 10.9 Å². The number of hydrogen-bond donors (Lipinski definition) is 3. The molecule has 0 bridgehead atoms. The summed E-state index contributed by atoms with van der Waals surface area (Å²) in [6, 6.07) is 3.36. The zero-order valence-electron chi connectivity index (χ0n) is 18.3. The van der Waals surface area contributed by atoms with E-state index in [9.17, 15) is 14.7 Å². The Balaban J connectivity index is 1.42. The molecule has 1 aliphatic heterocycles. The molecule has 0 radical (unpaired) electrons. The Kier molecular flexibility index (Phi) is 6.13. The second kappa shape index (κ2) is 8.99. The largest absolute Gasteiger partial charge is 0.508 e. The first-order chi connectivity index (χ1) is 15.3. The highest BCUT2D eigenvalue weighted by Gasteiger charge is 2.20. The van der Waals surface area contributed by atoms with Gasteiger partial charge in [-0.2, -0.15) is 5.10 Å². The molecule has 1 aromatic carbocycles. The Morgan fingerprint density at radius 2 is 1.91 bits per heavy atom. The number of amides is 2. The maximum absolute atomic E-state index is 12.7. The lowest BCUT2D eigenvalue weighted by molar-refractivity contribution is -0.130. The van der Waals surface area contributed by atoms with Gasteiger partial charge in [0.25, 0.3) is 5.91 Å². The first-order valence-corrected chi connectivity index (χ1v) is 11.3. The molecule has 0 aliphatic carbocycles. The predicted octanol–water partition coefficient (Wildman–Crippen LogP) is 3.59. The van der Waals surface area contributed by atoms with Gasteiger partial charge in [0, 0.05) is 30.4 Å². The molecule has 32 heavy (non-hydrogen) atoms. The van der Waals surface area contributed by atoms with Crippen molar-refractivity contribution in [1.29, 1.82) is 0 Å². The summed E-state index contributed by atoms with van der Waals surface area (Å²) in [5, 5.41) is 20.9. The van der Waals surface area contributed by atoms with Crippen LogP contribution in [0.3, 0.4) is 0 Å². The second-order valence-electron chi connectivity index (χ2n) is 7.96. The van der Waals surface area contributed by atoms with Gasteiger partial charge in [0.1, 0.15) is 17.2 Å². The van der Waals surface area contributed by atoms with E-state index in [1.165, 1.54) is 17.5 Å². The molecule has 2 amide bonds. The van der Waals surface area contributed by atoms with Crippen molar-refractivity contribution >= 4 is 39.8 Å². The number of likely N-dealkylation sites (tertiary alicyclic amines) is 1. The number of phenols is 1. The molecule has 1 saturated heterocycles. The number of phenolic OH excluding ortho intramolecular Hbond substituents is 1. The zero-order valence-corrected chi connectivity index (χ0v) is 19.1. The first-order valence-electron chi connectivity index (χ1n) is 10.5. The molecular formula is C22H26N6O3S. The summed E-state index contributed by atoms with van der Waals surface area (Å²) in [6.45, 7) is 7.36. The van der Waals surface area contributed by atoms with Crippen LogP contribution in [0.4, 0.5) is 16.6 Å². The highest BCUT2D eigenvalue weighted by atomic mass is 32.1. The Morgan fingerprint density at radius 3 is 2.66 bits per heavy atom. The summed E-state index contributed by atoms with van der Waals surface area (Å²) in [5.41, 5.74) is 2.95. The van der Waals surface area contributed by atoms with Crippen LogP contribution in [0.25, 0.3) is 0 Å². The Morgan fingerprint density at radius 1 is 1.16 bits per heavy atom. The molecule has 0 saturated carbocycles. The highest BCUT2D eigenvalue weighted by molar-refractivity contribution is 7.17. The minimum absolute atomic E-state index is 0.0716. The van der Waals surface area contributed by atoms with Crippen molar-refractivity contribution in [3.63, 3.8) is 0 Å². The fourth-order valence-electron chi connectivity index (χ4n) is 3.67. The standard InChI is InChI=1S/C22H26N6O3S/c1-13-6-7-16(29)15(3)19(13)24-21(31)17-10-23-22(32-17)25-20-14(2)11-28(26-20)12-18(30)27-8-4-5-9-27/h6-7,10-11,29H,4-5,8-9,12H2,1-3H3,(H,24,31)(H,23,25,26). The molecule has 1 fully saturated rings. The van der Waals surface area contributed by atoms with Gasteiger partial charge in [-0.1, -0.05) is 17.4 Å². The zero-order chi connectivity index (χ0) is 22.8. The number of anilines is 3. The molecular weight excluding hydrogens is 428 g/mol. The normalized spacial score (nSPS) is 13.4. The Bertz CT molecular complexity index is 1160. The molecule has 1 aliphatic rings. The first kappa shape index (κ1) is 21.8. The molecule has 2 aromatic heterocycles. The summed E-state index contributed by atoms with van der Waals surface area (Å²) in [6.07, 6.45) is 5.44. The average Bonchev–Trinajstić information content (AvgIpc) is 3.51. The van der Waals surface area contributed by atoms with Crippen molar-refractivity contribution in [1.82, 2.24) is 19.7 Å². The topological polar surface area (TPSA) is 112 Å². The van der Waals surface area contributed by atoms with Crippen LogP contribution < -0.4 is 10.6 Å². The monoisotopic (exact) mass is 454 g/mol. The van der Waals surface area contributed by atoms with E-state index >= 15 is 0 Å². The Labute approximate surface area is 190 Å². The molecule has 3 heterocycles. The summed E-state index contributed by atoms with van der Waals surface area (Å²) in [5.74, 6) is 0.500. The summed E-state index contributed by atoms with van der Waals surface area (Å²) < 4.78 is 1.63. The lowest BCUT2D eigenvalue weighted by Crippen LogP contribution is -2.31. The minimum atomic E-state index is -0.300. The van der Waals surface area contributed by atoms with Crippen LogP contribution in [0, 0.1) is 20.8 Å². The van der Waals surface area contributed by atoms with E-state index in [4.69, 9.17) is 0 Å². The molecule has 9 nitrogen and oxygen atoms in total. The lowest BCUT2D eigenvalue weighted by Gasteiger charge is -2.14. The third-order valence-electron chi connectivity index (χ3n) is 5.54. The van der Waals surface area contributed by atoms with Gasteiger partial charge in [-0.25, -0.2) is 4.98 Å². The van der Waals surface area contributed by atoms with Crippen molar-refractivity contribution in [2.45, 2.75) is 40.2 Å². The van der Waals surface area contributed by atoms with E-state index in [2.05, 4.69) is 20.7 Å². The third kappa shape index (κ3) is 4.59. The van der Waals surface area contributed by atoms with E-state index in [0.29, 0.717) is 27.1 Å². The van der Waals surface area contributed by atoms with Gasteiger partial charge in [-0.3, -0.25) is 14.3 Å². The molecule has 0 atom stereocenters. The minimum Gasteiger partial charge on any atom is -0.508 e. The van der Waals surface area contributed by atoms with Crippen LogP contribution in [0.5, 0.6) is 5.75 Å². The summed E-state index contributed by atoms with van der Waals surface area (Å²) in [7, 11) is 0. The number of aromatic hydroxyl groups is 1. The van der Waals surface area contributed by atoms with Crippen molar-refractivity contribution < 1.29 is 14.7 Å². The van der Waals surface area contributed by atoms with Crippen LogP contribution in [0.15, 0.2) is 24.5 Å². The average molecular weight is 455 g/mol. The van der Waals surface area contributed by atoms with E-state index < -0.39 is 0 Å². The number of aryl methyl sites for hydroxylation is 2. The SMILES string of the molecule is Cc1cn(CC(=O)N2CCCC2)nc1Nc1ncc(C(=O)Nc2c(C)ccc(O)c2C)s1. The summed E-state index contributed by atoms with van der Waals surface area (Å²) >= 11 is 1.20. The van der Waals surface area contributed by atoms with Gasteiger partial charge in [0.05, 0.1) is 11.9 Å². The van der Waals surface area contributed by atoms with Crippen LogP contribution in [-0.4, -0.2) is 49.7 Å². The van der Waals surface area contributed by atoms with Gasteiger partial charge >= 0.3 is 0 Å². The number of thiazole rings is 1. The number of aromatic nitrogens is 3. The molecule has 3 aromatic rings. The van der Waals surface area contributed by atoms with Crippen LogP contribution in [0.2, 0.25) is 0 Å². The van der Waals surface area contributed by atoms with Gasteiger partial charge < -0.3 is 20.6 Å². The number of hydrogen-bond acceptors (Lipinski definition) is 7. The van der Waals surface area contributed by atoms with Gasteiger partial charge in [-0.15, -0.1) is 0 Å². The van der Waals surface area contributed by atoms with E-state index in [0.717, 1.165) is 37.1 Å². The van der Waals surface area contributed by atoms with Crippen LogP contribution in [0.1, 0.15) is 39.2 Å². The maximum atomic E-state index is 12.7. The van der Waals surface area contributed by atoms with E-state index in [1.807, 2.05) is 24.9 Å². The number of carbonyl (C=O) groups excluding carboxylic acids is 2. The number of nitrogens with one attached hydrogen (secondary N) is 2. The number of carbonyl (C=O) groups is 2. The lowest BCUT2D eigenvalue weighted by atomic mass is 10.1. The quantitative estimate of drug-likeness (QED) is 0.525. The fraction of sp³-hybridized carbons (Fsp3) is 0.364. The van der Waals surface area contributed by atoms with Crippen molar-refractivity contribution in [3.05, 3.63) is 46.1 Å². The van der Waals surface area contributed by atoms with Crippen LogP contribution in [-0.2, 0) is 11.3 Å². The smallest absolute Gasteiger partial charge is 0.267 e. The molecule has 0 spiro atoms. The van der Waals surface area contributed by atoms with E-state index in [-0.39, 0.29) is 24.1 Å². The third-order valence-corrected chi connectivity index (χ3v) is 6.45. The number of nitrogens with zero attached hydrogens (tertiary/aromatic N) is 4. The van der Waals surface area contributed by atoms with Crippen molar-refractivity contribution in [3.8, 4) is 5.75 Å². The summed E-state index contributed by atoms with van der Waals surface area (Å²) in [4.78, 5) is 31.6. The molecule has 10 heteroatoms. The Hall–Kier alpha value is -3.40. The maximum Gasteiger partial charge on any atom is 0.267 e. The highest BCUT2D eigenvalue weighted by Crippen LogP contribution is 2.30. The molecule has 0 unspecified atom stereocenters. The predicted molar refractivity (Wildman–Crippen MR) is 124 cm³/mol. The fourth-order valence-corrected chi connectivity index (χ4v) is 4.38. The van der Waals surface area contributed by atoms with Crippen molar-refractivity contribution in [2.75, 3.05) is 23.7 Å².